The van der Waals surface area contributed by atoms with Crippen molar-refractivity contribution in [3.05, 3.63) is 47.5 Å². The van der Waals surface area contributed by atoms with Crippen molar-refractivity contribution in [3.8, 4) is 0 Å². The summed E-state index contributed by atoms with van der Waals surface area (Å²) in [7, 11) is 1.78. The predicted molar refractivity (Wildman–Crippen MR) is 92.0 cm³/mol. The molecule has 0 radical (unpaired) electrons. The molecule has 0 bridgehead atoms. The van der Waals surface area contributed by atoms with Crippen LogP contribution in [0.25, 0.3) is 0 Å². The molecule has 0 fully saturated rings. The van der Waals surface area contributed by atoms with E-state index in [0.717, 1.165) is 47.6 Å². The maximum atomic E-state index is 6.12. The van der Waals surface area contributed by atoms with Gasteiger partial charge in [-0.05, 0) is 18.1 Å². The van der Waals surface area contributed by atoms with Gasteiger partial charge in [-0.1, -0.05) is 35.9 Å². The van der Waals surface area contributed by atoms with Crippen LogP contribution in [0.4, 0.5) is 0 Å². The SMILES string of the molecule is C=CCSCCNC(=NC)NCCc1ccccc1Cl. The van der Waals surface area contributed by atoms with Gasteiger partial charge in [0, 0.05) is 36.7 Å². The number of halogens is 1. The van der Waals surface area contributed by atoms with Crippen LogP contribution in [-0.4, -0.2) is 37.6 Å². The van der Waals surface area contributed by atoms with Crippen LogP contribution in [0.5, 0.6) is 0 Å². The average molecular weight is 312 g/mol. The van der Waals surface area contributed by atoms with Gasteiger partial charge in [-0.2, -0.15) is 11.8 Å². The topological polar surface area (TPSA) is 36.4 Å². The highest BCUT2D eigenvalue weighted by atomic mass is 35.5. The number of aliphatic imine (C=N–C) groups is 1. The van der Waals surface area contributed by atoms with Gasteiger partial charge in [0.25, 0.3) is 0 Å². The van der Waals surface area contributed by atoms with E-state index in [1.165, 1.54) is 0 Å². The molecule has 0 heterocycles. The third-order valence-electron chi connectivity index (χ3n) is 2.64. The van der Waals surface area contributed by atoms with Gasteiger partial charge in [-0.25, -0.2) is 0 Å². The van der Waals surface area contributed by atoms with E-state index in [4.69, 9.17) is 11.6 Å². The Hall–Kier alpha value is -1.13. The van der Waals surface area contributed by atoms with E-state index in [-0.39, 0.29) is 0 Å². The highest BCUT2D eigenvalue weighted by Gasteiger charge is 2.00. The molecule has 1 aromatic carbocycles. The molecule has 1 aromatic rings. The smallest absolute Gasteiger partial charge is 0.191 e. The molecule has 0 atom stereocenters. The Morgan fingerprint density at radius 3 is 2.80 bits per heavy atom. The van der Waals surface area contributed by atoms with E-state index in [1.54, 1.807) is 7.05 Å². The zero-order valence-corrected chi connectivity index (χ0v) is 13.4. The third kappa shape index (κ3) is 6.87. The Morgan fingerprint density at radius 2 is 2.10 bits per heavy atom. The molecular weight excluding hydrogens is 290 g/mol. The first kappa shape index (κ1) is 16.9. The summed E-state index contributed by atoms with van der Waals surface area (Å²) in [6, 6.07) is 7.92. The van der Waals surface area contributed by atoms with Crippen LogP contribution in [0, 0.1) is 0 Å². The molecule has 0 aliphatic rings. The number of nitrogens with one attached hydrogen (secondary N) is 2. The predicted octanol–water partition coefficient (Wildman–Crippen LogP) is 2.97. The van der Waals surface area contributed by atoms with Crippen molar-refractivity contribution in [1.29, 1.82) is 0 Å². The summed E-state index contributed by atoms with van der Waals surface area (Å²) in [6.07, 6.45) is 2.80. The molecule has 3 nitrogen and oxygen atoms in total. The molecule has 0 aliphatic heterocycles. The maximum absolute atomic E-state index is 6.12. The fourth-order valence-electron chi connectivity index (χ4n) is 1.65. The summed E-state index contributed by atoms with van der Waals surface area (Å²) in [6.45, 7) is 5.40. The van der Waals surface area contributed by atoms with Crippen LogP contribution in [0.1, 0.15) is 5.56 Å². The van der Waals surface area contributed by atoms with Crippen molar-refractivity contribution in [1.82, 2.24) is 10.6 Å². The quantitative estimate of drug-likeness (QED) is 0.335. The van der Waals surface area contributed by atoms with Gasteiger partial charge in [0.1, 0.15) is 0 Å². The van der Waals surface area contributed by atoms with Crippen molar-refractivity contribution in [2.45, 2.75) is 6.42 Å². The van der Waals surface area contributed by atoms with Crippen LogP contribution < -0.4 is 10.6 Å². The lowest BCUT2D eigenvalue weighted by atomic mass is 10.1. The Balaban J connectivity index is 2.21. The summed E-state index contributed by atoms with van der Waals surface area (Å²) in [5.41, 5.74) is 1.15. The van der Waals surface area contributed by atoms with Gasteiger partial charge in [-0.15, -0.1) is 6.58 Å². The Morgan fingerprint density at radius 1 is 1.35 bits per heavy atom. The van der Waals surface area contributed by atoms with E-state index in [0.29, 0.717) is 0 Å². The fraction of sp³-hybridized carbons (Fsp3) is 0.400. The summed E-state index contributed by atoms with van der Waals surface area (Å²) >= 11 is 7.97. The van der Waals surface area contributed by atoms with Crippen LogP contribution in [0.3, 0.4) is 0 Å². The summed E-state index contributed by atoms with van der Waals surface area (Å²) in [4.78, 5) is 4.19. The number of rotatable bonds is 8. The molecule has 0 aromatic heterocycles. The molecule has 0 amide bonds. The second kappa shape index (κ2) is 10.6. The van der Waals surface area contributed by atoms with Gasteiger partial charge < -0.3 is 10.6 Å². The lowest BCUT2D eigenvalue weighted by Crippen LogP contribution is -2.39. The molecule has 0 aliphatic carbocycles. The molecule has 20 heavy (non-hydrogen) atoms. The van der Waals surface area contributed by atoms with Gasteiger partial charge in [0.15, 0.2) is 5.96 Å². The number of hydrogen-bond acceptors (Lipinski definition) is 2. The normalized spacial score (nSPS) is 11.2. The Bertz CT molecular complexity index is 435. The van der Waals surface area contributed by atoms with Gasteiger partial charge >= 0.3 is 0 Å². The fourth-order valence-corrected chi connectivity index (χ4v) is 2.46. The molecule has 0 saturated carbocycles. The molecule has 0 unspecified atom stereocenters. The Kier molecular flexibility index (Phi) is 9.00. The maximum Gasteiger partial charge on any atom is 0.191 e. The molecule has 0 saturated heterocycles. The first-order valence-corrected chi connectivity index (χ1v) is 8.17. The Labute approximate surface area is 130 Å². The largest absolute Gasteiger partial charge is 0.356 e. The number of hydrogen-bond donors (Lipinski definition) is 2. The molecule has 1 rings (SSSR count). The van der Waals surface area contributed by atoms with E-state index in [9.17, 15) is 0 Å². The van der Waals surface area contributed by atoms with E-state index >= 15 is 0 Å². The standard InChI is InChI=1S/C15H22ClN3S/c1-3-11-20-12-10-19-15(17-2)18-9-8-13-6-4-5-7-14(13)16/h3-7H,1,8-12H2,2H3,(H2,17,18,19). The number of thioether (sulfide) groups is 1. The number of nitrogens with zero attached hydrogens (tertiary/aromatic N) is 1. The minimum Gasteiger partial charge on any atom is -0.356 e. The van der Waals surface area contributed by atoms with Gasteiger partial charge in [-0.3, -0.25) is 4.99 Å². The van der Waals surface area contributed by atoms with Gasteiger partial charge in [0.05, 0.1) is 0 Å². The molecule has 0 spiro atoms. The zero-order valence-electron chi connectivity index (χ0n) is 11.9. The third-order valence-corrected chi connectivity index (χ3v) is 3.98. The van der Waals surface area contributed by atoms with Crippen LogP contribution in [0.15, 0.2) is 41.9 Å². The lowest BCUT2D eigenvalue weighted by Gasteiger charge is -2.12. The number of guanidine groups is 1. The van der Waals surface area contributed by atoms with E-state index in [1.807, 2.05) is 42.1 Å². The van der Waals surface area contributed by atoms with E-state index in [2.05, 4.69) is 22.2 Å². The summed E-state index contributed by atoms with van der Waals surface area (Å²) in [5.74, 6) is 2.86. The van der Waals surface area contributed by atoms with E-state index < -0.39 is 0 Å². The van der Waals surface area contributed by atoms with Crippen molar-refractivity contribution < 1.29 is 0 Å². The second-order valence-corrected chi connectivity index (χ2v) is 5.69. The minimum atomic E-state index is 0.809. The van der Waals surface area contributed by atoms with Crippen LogP contribution >= 0.6 is 23.4 Å². The van der Waals surface area contributed by atoms with Crippen molar-refractivity contribution in [2.75, 3.05) is 31.6 Å². The lowest BCUT2D eigenvalue weighted by molar-refractivity contribution is 0.812. The van der Waals surface area contributed by atoms with Crippen molar-refractivity contribution in [2.24, 2.45) is 4.99 Å². The summed E-state index contributed by atoms with van der Waals surface area (Å²) < 4.78 is 0. The number of benzene rings is 1. The molecule has 110 valence electrons. The monoisotopic (exact) mass is 311 g/mol. The van der Waals surface area contributed by atoms with Crippen molar-refractivity contribution >= 4 is 29.3 Å². The average Bonchev–Trinajstić information content (AvgIpc) is 2.47. The van der Waals surface area contributed by atoms with Crippen LogP contribution in [-0.2, 0) is 6.42 Å². The molecule has 2 N–H and O–H groups in total. The second-order valence-electron chi connectivity index (χ2n) is 4.13. The van der Waals surface area contributed by atoms with Crippen LogP contribution in [0.2, 0.25) is 5.02 Å². The first-order valence-electron chi connectivity index (χ1n) is 6.64. The van der Waals surface area contributed by atoms with Crippen molar-refractivity contribution in [3.63, 3.8) is 0 Å². The highest BCUT2D eigenvalue weighted by molar-refractivity contribution is 7.99. The molecular formula is C15H22ClN3S. The summed E-state index contributed by atoms with van der Waals surface area (Å²) in [5, 5.41) is 7.38. The minimum absolute atomic E-state index is 0.809. The van der Waals surface area contributed by atoms with Gasteiger partial charge in [0.2, 0.25) is 0 Å². The highest BCUT2D eigenvalue weighted by Crippen LogP contribution is 2.14. The first-order chi connectivity index (χ1) is 9.77. The molecule has 5 heteroatoms. The zero-order chi connectivity index (χ0) is 14.6.